The van der Waals surface area contributed by atoms with Gasteiger partial charge in [-0.3, -0.25) is 0 Å². The summed E-state index contributed by atoms with van der Waals surface area (Å²) in [5, 5.41) is 3.06. The van der Waals surface area contributed by atoms with Crippen molar-refractivity contribution in [1.29, 1.82) is 0 Å². The fourth-order valence-electron chi connectivity index (χ4n) is 2.06. The van der Waals surface area contributed by atoms with Crippen LogP contribution in [0.3, 0.4) is 0 Å². The number of nitrogens with zero attached hydrogens (tertiary/aromatic N) is 1. The summed E-state index contributed by atoms with van der Waals surface area (Å²) in [4.78, 5) is 13.7. The van der Waals surface area contributed by atoms with Crippen LogP contribution in [0.1, 0.15) is 40.5 Å². The van der Waals surface area contributed by atoms with E-state index in [1.165, 1.54) is 0 Å². The van der Waals surface area contributed by atoms with Crippen LogP contribution in [0.25, 0.3) is 0 Å². The quantitative estimate of drug-likeness (QED) is 0.902. The van der Waals surface area contributed by atoms with E-state index in [1.807, 2.05) is 20.8 Å². The molecule has 0 radical (unpaired) electrons. The largest absolute Gasteiger partial charge is 0.444 e. The second kappa shape index (κ2) is 6.16. The average Bonchev–Trinajstić information content (AvgIpc) is 2.54. The molecule has 0 atom stereocenters. The Bertz CT molecular complexity index is 638. The second-order valence-corrected chi connectivity index (χ2v) is 5.89. The SMILES string of the molecule is [2H]c1c([2H])c([2H])c(NC2CCN(C(=O)OC(C)(C)C)CC2)c([2H])c1[2H]. The maximum absolute atomic E-state index is 12.1. The van der Waals surface area contributed by atoms with Crippen LogP contribution in [0.4, 0.5) is 10.5 Å². The number of carbonyl (C=O) groups excluding carboxylic acids is 1. The lowest BCUT2D eigenvalue weighted by molar-refractivity contribution is 0.0210. The van der Waals surface area contributed by atoms with Crippen molar-refractivity contribution in [2.45, 2.75) is 45.3 Å². The van der Waals surface area contributed by atoms with E-state index in [1.54, 1.807) is 4.90 Å². The van der Waals surface area contributed by atoms with Crippen LogP contribution in [-0.2, 0) is 4.74 Å². The van der Waals surface area contributed by atoms with Crippen molar-refractivity contribution in [1.82, 2.24) is 4.90 Å². The molecule has 1 aromatic rings. The van der Waals surface area contributed by atoms with E-state index < -0.39 is 11.6 Å². The van der Waals surface area contributed by atoms with Crippen LogP contribution in [0, 0.1) is 0 Å². The van der Waals surface area contributed by atoms with E-state index in [2.05, 4.69) is 5.32 Å². The molecule has 1 fully saturated rings. The standard InChI is InChI=1S/C16H24N2O2/c1-16(2,3)20-15(19)18-11-9-14(10-12-18)17-13-7-5-4-6-8-13/h4-8,14,17H,9-12H2,1-3H3/i4D,5D,6D,7D,8D. The van der Waals surface area contributed by atoms with E-state index in [-0.39, 0.29) is 42.0 Å². The maximum Gasteiger partial charge on any atom is 0.410 e. The zero-order chi connectivity index (χ0) is 18.9. The first-order valence-corrected chi connectivity index (χ1v) is 6.82. The third-order valence-corrected chi connectivity index (χ3v) is 3.00. The predicted octanol–water partition coefficient (Wildman–Crippen LogP) is 3.50. The Morgan fingerprint density at radius 2 is 1.90 bits per heavy atom. The third kappa shape index (κ3) is 4.44. The van der Waals surface area contributed by atoms with Gasteiger partial charge in [-0.05, 0) is 45.7 Å². The molecule has 1 N–H and O–H groups in total. The number of amides is 1. The highest BCUT2D eigenvalue weighted by molar-refractivity contribution is 5.68. The predicted molar refractivity (Wildman–Crippen MR) is 80.9 cm³/mol. The number of likely N-dealkylation sites (tertiary alicyclic amines) is 1. The Hall–Kier alpha value is -1.71. The van der Waals surface area contributed by atoms with Crippen LogP contribution >= 0.6 is 0 Å². The van der Waals surface area contributed by atoms with E-state index in [4.69, 9.17) is 11.6 Å². The van der Waals surface area contributed by atoms with Crippen LogP contribution in [0.15, 0.2) is 30.2 Å². The van der Waals surface area contributed by atoms with Gasteiger partial charge in [0, 0.05) is 24.8 Å². The summed E-state index contributed by atoms with van der Waals surface area (Å²) in [7, 11) is 0. The first-order chi connectivity index (χ1) is 11.5. The number of ether oxygens (including phenoxy) is 1. The van der Waals surface area contributed by atoms with Gasteiger partial charge in [-0.1, -0.05) is 18.1 Å². The molecule has 0 aliphatic carbocycles. The zero-order valence-corrected chi connectivity index (χ0v) is 12.2. The number of hydrogen-bond acceptors (Lipinski definition) is 3. The molecular weight excluding hydrogens is 252 g/mol. The molecule has 0 unspecified atom stereocenters. The summed E-state index contributed by atoms with van der Waals surface area (Å²) in [6, 6.07) is -1.65. The molecule has 0 saturated carbocycles. The molecule has 4 heteroatoms. The van der Waals surface area contributed by atoms with Crippen LogP contribution < -0.4 is 5.32 Å². The second-order valence-electron chi connectivity index (χ2n) is 5.89. The molecule has 1 amide bonds. The molecule has 1 heterocycles. The highest BCUT2D eigenvalue weighted by Gasteiger charge is 2.26. The smallest absolute Gasteiger partial charge is 0.410 e. The summed E-state index contributed by atoms with van der Waals surface area (Å²) >= 11 is 0. The van der Waals surface area contributed by atoms with Crippen LogP contribution in [0.5, 0.6) is 0 Å². The molecule has 1 aromatic carbocycles. The van der Waals surface area contributed by atoms with E-state index in [0.717, 1.165) is 0 Å². The van der Waals surface area contributed by atoms with Gasteiger partial charge in [-0.2, -0.15) is 0 Å². The zero-order valence-electron chi connectivity index (χ0n) is 17.2. The molecule has 0 spiro atoms. The molecule has 1 aliphatic rings. The number of nitrogens with one attached hydrogen (secondary N) is 1. The molecule has 0 bridgehead atoms. The Kier molecular flexibility index (Phi) is 2.85. The summed E-state index contributed by atoms with van der Waals surface area (Å²) in [6.45, 7) is 6.43. The number of para-hydroxylation sites is 1. The van der Waals surface area contributed by atoms with Crippen molar-refractivity contribution in [3.8, 4) is 0 Å². The fourth-order valence-corrected chi connectivity index (χ4v) is 2.06. The van der Waals surface area contributed by atoms with Crippen molar-refractivity contribution in [2.24, 2.45) is 0 Å². The van der Waals surface area contributed by atoms with Gasteiger partial charge in [0.1, 0.15) is 5.60 Å². The molecule has 1 saturated heterocycles. The van der Waals surface area contributed by atoms with E-state index in [9.17, 15) is 4.79 Å². The third-order valence-electron chi connectivity index (χ3n) is 3.00. The summed E-state index contributed by atoms with van der Waals surface area (Å²) in [5.41, 5.74) is -0.429. The summed E-state index contributed by atoms with van der Waals surface area (Å²) in [6.07, 6.45) is 0.872. The van der Waals surface area contributed by atoms with Crippen molar-refractivity contribution in [3.05, 3.63) is 30.2 Å². The van der Waals surface area contributed by atoms with Gasteiger partial charge in [0.2, 0.25) is 0 Å². The monoisotopic (exact) mass is 281 g/mol. The summed E-state index contributed by atoms with van der Waals surface area (Å²) < 4.78 is 44.3. The van der Waals surface area contributed by atoms with Crippen molar-refractivity contribution < 1.29 is 16.4 Å². The van der Waals surface area contributed by atoms with Crippen molar-refractivity contribution in [3.63, 3.8) is 0 Å². The first kappa shape index (κ1) is 9.27. The number of hydrogen-bond donors (Lipinski definition) is 1. The normalized spacial score (nSPS) is 20.4. The number of benzene rings is 1. The Balaban J connectivity index is 2.03. The fraction of sp³-hybridized carbons (Fsp3) is 0.562. The average molecular weight is 281 g/mol. The minimum absolute atomic E-state index is 0.0673. The van der Waals surface area contributed by atoms with Crippen LogP contribution in [0.2, 0.25) is 0 Å². The van der Waals surface area contributed by atoms with Gasteiger partial charge in [0.05, 0.1) is 6.85 Å². The maximum atomic E-state index is 12.1. The highest BCUT2D eigenvalue weighted by atomic mass is 16.6. The number of anilines is 1. The molecule has 20 heavy (non-hydrogen) atoms. The number of rotatable bonds is 2. The Morgan fingerprint density at radius 3 is 2.45 bits per heavy atom. The van der Waals surface area contributed by atoms with E-state index >= 15 is 0 Å². The highest BCUT2D eigenvalue weighted by Crippen LogP contribution is 2.18. The molecule has 0 aromatic heterocycles. The molecule has 110 valence electrons. The van der Waals surface area contributed by atoms with Crippen molar-refractivity contribution >= 4 is 11.8 Å². The lowest BCUT2D eigenvalue weighted by atomic mass is 10.0. The van der Waals surface area contributed by atoms with Gasteiger partial charge in [0.15, 0.2) is 0 Å². The van der Waals surface area contributed by atoms with Gasteiger partial charge in [-0.15, -0.1) is 0 Å². The summed E-state index contributed by atoms with van der Waals surface area (Å²) in [5.74, 6) is 0. The molecule has 4 nitrogen and oxygen atoms in total. The number of carbonyl (C=O) groups is 1. The van der Waals surface area contributed by atoms with Gasteiger partial charge in [0.25, 0.3) is 0 Å². The lowest BCUT2D eigenvalue weighted by Gasteiger charge is -2.34. The van der Waals surface area contributed by atoms with Gasteiger partial charge in [-0.25, -0.2) is 4.79 Å². The molecular formula is C16H24N2O2. The van der Waals surface area contributed by atoms with Crippen LogP contribution in [-0.4, -0.2) is 35.7 Å². The topological polar surface area (TPSA) is 41.6 Å². The first-order valence-electron chi connectivity index (χ1n) is 9.32. The van der Waals surface area contributed by atoms with E-state index in [0.29, 0.717) is 25.9 Å². The minimum atomic E-state index is -0.542. The molecule has 1 aliphatic heterocycles. The Morgan fingerprint density at radius 1 is 1.30 bits per heavy atom. The van der Waals surface area contributed by atoms with Gasteiger partial charge >= 0.3 is 6.09 Å². The molecule has 2 rings (SSSR count). The Labute approximate surface area is 128 Å². The minimum Gasteiger partial charge on any atom is -0.444 e. The lowest BCUT2D eigenvalue weighted by Crippen LogP contribution is -2.44. The van der Waals surface area contributed by atoms with Crippen molar-refractivity contribution in [2.75, 3.05) is 18.4 Å². The van der Waals surface area contributed by atoms with Gasteiger partial charge < -0.3 is 15.0 Å². The number of piperidine rings is 1.